The lowest BCUT2D eigenvalue weighted by molar-refractivity contribution is -0.111. The number of carbonyl (C=O) groups excluding carboxylic acids is 1. The lowest BCUT2D eigenvalue weighted by Gasteiger charge is -2.28. The molecule has 5 nitrogen and oxygen atoms in total. The molecule has 0 aromatic heterocycles. The van der Waals surface area contributed by atoms with Crippen molar-refractivity contribution in [1.29, 1.82) is 0 Å². The minimum absolute atomic E-state index is 0.122. The van der Waals surface area contributed by atoms with Crippen molar-refractivity contribution in [3.05, 3.63) is 96.3 Å². The van der Waals surface area contributed by atoms with Gasteiger partial charge >= 0.3 is 0 Å². The van der Waals surface area contributed by atoms with Gasteiger partial charge in [-0.15, -0.1) is 0 Å². The zero-order valence-electron chi connectivity index (χ0n) is 19.6. The first-order valence-electron chi connectivity index (χ1n) is 10.9. The molecule has 0 unspecified atom stereocenters. The standard InChI is InChI=1S/C26H27FO5S3/c1-26(2,3)33-24(28)18-23(19-11-10-12-20(27)17-19)25(34(29,30)21-13-6-4-7-14-21)35(31,32)22-15-8-5-9-16-22/h4-17,23,25H,18H2,1-3H3/t23-/m0/s1. The summed E-state index contributed by atoms with van der Waals surface area (Å²) < 4.78 is 67.4. The highest BCUT2D eigenvalue weighted by Crippen LogP contribution is 2.40. The molecule has 0 bridgehead atoms. The summed E-state index contributed by atoms with van der Waals surface area (Å²) in [5, 5.41) is -0.386. The number of sulfone groups is 2. The smallest absolute Gasteiger partial charge is 0.196 e. The molecule has 1 atom stereocenters. The molecule has 0 aliphatic rings. The average molecular weight is 535 g/mol. The molecule has 0 spiro atoms. The fraction of sp³-hybridized carbons (Fsp3) is 0.269. The maximum absolute atomic E-state index is 14.2. The van der Waals surface area contributed by atoms with Crippen LogP contribution in [0.25, 0.3) is 0 Å². The third kappa shape index (κ3) is 6.59. The fourth-order valence-corrected chi connectivity index (χ4v) is 9.69. The Morgan fingerprint density at radius 2 is 1.29 bits per heavy atom. The first-order chi connectivity index (χ1) is 16.3. The fourth-order valence-electron chi connectivity index (χ4n) is 3.76. The summed E-state index contributed by atoms with van der Waals surface area (Å²) >= 11 is 0.992. The number of hydrogen-bond donors (Lipinski definition) is 0. The van der Waals surface area contributed by atoms with E-state index in [4.69, 9.17) is 0 Å². The molecule has 0 heterocycles. The highest BCUT2D eigenvalue weighted by atomic mass is 32.3. The van der Waals surface area contributed by atoms with Crippen molar-refractivity contribution in [2.75, 3.05) is 0 Å². The second kappa shape index (κ2) is 10.6. The summed E-state index contributed by atoms with van der Waals surface area (Å²) in [5.74, 6) is -2.00. The van der Waals surface area contributed by atoms with Crippen molar-refractivity contribution < 1.29 is 26.0 Å². The Bertz CT molecular complexity index is 1310. The van der Waals surface area contributed by atoms with Crippen LogP contribution in [-0.2, 0) is 24.5 Å². The maximum atomic E-state index is 14.2. The van der Waals surface area contributed by atoms with Crippen molar-refractivity contribution in [2.45, 2.75) is 52.2 Å². The van der Waals surface area contributed by atoms with Gasteiger partial charge in [-0.3, -0.25) is 4.79 Å². The summed E-state index contributed by atoms with van der Waals surface area (Å²) in [5.41, 5.74) is 0.122. The second-order valence-electron chi connectivity index (χ2n) is 9.04. The van der Waals surface area contributed by atoms with Gasteiger partial charge in [-0.1, -0.05) is 81.1 Å². The molecule has 0 amide bonds. The van der Waals surface area contributed by atoms with Gasteiger partial charge in [-0.2, -0.15) is 0 Å². The van der Waals surface area contributed by atoms with Crippen LogP contribution in [0.3, 0.4) is 0 Å². The Balaban J connectivity index is 2.28. The van der Waals surface area contributed by atoms with Crippen LogP contribution in [0.1, 0.15) is 38.7 Å². The van der Waals surface area contributed by atoms with Crippen LogP contribution in [0.5, 0.6) is 0 Å². The van der Waals surface area contributed by atoms with E-state index in [1.807, 2.05) is 20.8 Å². The van der Waals surface area contributed by atoms with E-state index in [9.17, 15) is 26.0 Å². The van der Waals surface area contributed by atoms with Crippen LogP contribution < -0.4 is 0 Å². The predicted octanol–water partition coefficient (Wildman–Crippen LogP) is 5.63. The van der Waals surface area contributed by atoms with Crippen LogP contribution >= 0.6 is 11.8 Å². The van der Waals surface area contributed by atoms with Gasteiger partial charge in [0.2, 0.25) is 0 Å². The van der Waals surface area contributed by atoms with Crippen LogP contribution in [0.4, 0.5) is 4.39 Å². The van der Waals surface area contributed by atoms with Crippen molar-refractivity contribution in [3.8, 4) is 0 Å². The van der Waals surface area contributed by atoms with E-state index < -0.39 is 47.2 Å². The van der Waals surface area contributed by atoms with Crippen molar-refractivity contribution in [2.24, 2.45) is 0 Å². The highest BCUT2D eigenvalue weighted by Gasteiger charge is 2.47. The Hall–Kier alpha value is -2.49. The molecular weight excluding hydrogens is 507 g/mol. The number of hydrogen-bond acceptors (Lipinski definition) is 6. The summed E-state index contributed by atoms with van der Waals surface area (Å²) in [4.78, 5) is 12.7. The minimum Gasteiger partial charge on any atom is -0.287 e. The quantitative estimate of drug-likeness (QED) is 0.372. The van der Waals surface area contributed by atoms with Gasteiger partial charge in [0.1, 0.15) is 5.82 Å². The van der Waals surface area contributed by atoms with Crippen molar-refractivity contribution >= 4 is 36.6 Å². The van der Waals surface area contributed by atoms with E-state index in [-0.39, 0.29) is 20.5 Å². The molecule has 0 N–H and O–H groups in total. The number of halogens is 1. The zero-order chi connectivity index (χ0) is 25.9. The Labute approximate surface area is 210 Å². The van der Waals surface area contributed by atoms with E-state index in [1.165, 1.54) is 66.7 Å². The molecule has 0 radical (unpaired) electrons. The van der Waals surface area contributed by atoms with Crippen LogP contribution in [-0.4, -0.2) is 31.3 Å². The molecule has 3 aromatic carbocycles. The van der Waals surface area contributed by atoms with Gasteiger partial charge in [0.25, 0.3) is 0 Å². The number of rotatable bonds is 8. The number of thioether (sulfide) groups is 1. The molecule has 0 saturated carbocycles. The third-order valence-corrected chi connectivity index (χ3v) is 11.4. The van der Waals surface area contributed by atoms with E-state index in [0.29, 0.717) is 0 Å². The maximum Gasteiger partial charge on any atom is 0.196 e. The van der Waals surface area contributed by atoms with E-state index in [0.717, 1.165) is 17.8 Å². The van der Waals surface area contributed by atoms with Crippen LogP contribution in [0.2, 0.25) is 0 Å². The lowest BCUT2D eigenvalue weighted by atomic mass is 9.98. The molecule has 0 aliphatic heterocycles. The summed E-state index contributed by atoms with van der Waals surface area (Å²) in [6, 6.07) is 19.6. The number of carbonyl (C=O) groups is 1. The summed E-state index contributed by atoms with van der Waals surface area (Å²) in [7, 11) is -9.06. The molecule has 3 aromatic rings. The first-order valence-corrected chi connectivity index (χ1v) is 14.8. The van der Waals surface area contributed by atoms with Crippen LogP contribution in [0.15, 0.2) is 94.7 Å². The van der Waals surface area contributed by atoms with Crippen LogP contribution in [0, 0.1) is 5.82 Å². The van der Waals surface area contributed by atoms with E-state index >= 15 is 0 Å². The minimum atomic E-state index is -4.53. The largest absolute Gasteiger partial charge is 0.287 e. The van der Waals surface area contributed by atoms with Crippen molar-refractivity contribution in [1.82, 2.24) is 0 Å². The molecule has 0 fully saturated rings. The van der Waals surface area contributed by atoms with Gasteiger partial charge in [-0.05, 0) is 42.0 Å². The molecule has 0 aliphatic carbocycles. The third-order valence-electron chi connectivity index (χ3n) is 5.17. The van der Waals surface area contributed by atoms with Gasteiger partial charge in [0.15, 0.2) is 29.4 Å². The Kier molecular flexibility index (Phi) is 8.24. The average Bonchev–Trinajstić information content (AvgIpc) is 2.78. The second-order valence-corrected chi connectivity index (χ2v) is 15.4. The van der Waals surface area contributed by atoms with Crippen molar-refractivity contribution in [3.63, 3.8) is 0 Å². The van der Waals surface area contributed by atoms with E-state index in [2.05, 4.69) is 0 Å². The Morgan fingerprint density at radius 3 is 1.71 bits per heavy atom. The monoisotopic (exact) mass is 534 g/mol. The topological polar surface area (TPSA) is 85.3 Å². The predicted molar refractivity (Wildman–Crippen MR) is 137 cm³/mol. The van der Waals surface area contributed by atoms with Gasteiger partial charge in [-0.25, -0.2) is 21.2 Å². The van der Waals surface area contributed by atoms with E-state index in [1.54, 1.807) is 12.1 Å². The molecule has 0 saturated heterocycles. The SMILES string of the molecule is CC(C)(C)SC(=O)C[C@@H](c1cccc(F)c1)C(S(=O)(=O)c1ccccc1)S(=O)(=O)c1ccccc1. The molecule has 3 rings (SSSR count). The molecule has 35 heavy (non-hydrogen) atoms. The summed E-state index contributed by atoms with van der Waals surface area (Å²) in [6.07, 6.45) is -0.409. The molecule has 9 heteroatoms. The van der Waals surface area contributed by atoms with Gasteiger partial charge in [0, 0.05) is 17.1 Å². The molecular formula is C26H27FO5S3. The van der Waals surface area contributed by atoms with Gasteiger partial charge < -0.3 is 0 Å². The Morgan fingerprint density at radius 1 is 0.800 bits per heavy atom. The number of benzene rings is 3. The lowest BCUT2D eigenvalue weighted by Crippen LogP contribution is -2.37. The summed E-state index contributed by atoms with van der Waals surface area (Å²) in [6.45, 7) is 5.48. The molecule has 186 valence electrons. The zero-order valence-corrected chi connectivity index (χ0v) is 22.0. The first kappa shape index (κ1) is 27.1. The van der Waals surface area contributed by atoms with Gasteiger partial charge in [0.05, 0.1) is 9.79 Å². The highest BCUT2D eigenvalue weighted by molar-refractivity contribution is 8.14. The normalized spacial score (nSPS) is 13.5.